The molecule has 1 amide bonds. The fourth-order valence-corrected chi connectivity index (χ4v) is 5.15. The topological polar surface area (TPSA) is 86.3 Å². The van der Waals surface area contributed by atoms with Crippen LogP contribution in [0.5, 0.6) is 0 Å². The summed E-state index contributed by atoms with van der Waals surface area (Å²) in [6, 6.07) is 21.9. The molecule has 1 saturated heterocycles. The van der Waals surface area contributed by atoms with E-state index in [1.54, 1.807) is 6.20 Å². The molecule has 2 aromatic heterocycles. The number of hydrogen-bond acceptors (Lipinski definition) is 6. The van der Waals surface area contributed by atoms with Crippen LogP contribution in [0.15, 0.2) is 72.9 Å². The third-order valence-electron chi connectivity index (χ3n) is 6.81. The number of thiocarbonyl (C=S) groups is 1. The molecule has 1 fully saturated rings. The molecule has 4 aromatic rings. The fraction of sp³-hybridized carbons (Fsp3) is 0.276. The van der Waals surface area contributed by atoms with Gasteiger partial charge in [0.15, 0.2) is 10.9 Å². The number of fused-ring (bicyclic) bond motifs is 1. The Morgan fingerprint density at radius 3 is 2.50 bits per heavy atom. The summed E-state index contributed by atoms with van der Waals surface area (Å²) in [4.78, 5) is 20.3. The lowest BCUT2D eigenvalue weighted by molar-refractivity contribution is -0.114. The highest BCUT2D eigenvalue weighted by molar-refractivity contribution is 7.80. The van der Waals surface area contributed by atoms with Gasteiger partial charge in [-0.15, -0.1) is 10.2 Å². The van der Waals surface area contributed by atoms with Crippen molar-refractivity contribution in [2.75, 3.05) is 35.2 Å². The molecule has 0 bridgehead atoms. The summed E-state index contributed by atoms with van der Waals surface area (Å²) in [5, 5.41) is 17.1. The second-order valence-electron chi connectivity index (χ2n) is 9.79. The lowest BCUT2D eigenvalue weighted by Crippen LogP contribution is -2.58. The molecule has 1 atom stereocenters. The highest BCUT2D eigenvalue weighted by Gasteiger charge is 2.31. The van der Waals surface area contributed by atoms with Crippen LogP contribution in [0.4, 0.5) is 17.2 Å². The first kappa shape index (κ1) is 25.5. The lowest BCUT2D eigenvalue weighted by atomic mass is 10.00. The highest BCUT2D eigenvalue weighted by Crippen LogP contribution is 2.26. The fourth-order valence-electron chi connectivity index (χ4n) is 4.82. The molecule has 0 aliphatic carbocycles. The van der Waals surface area contributed by atoms with Gasteiger partial charge in [-0.1, -0.05) is 32.0 Å². The average Bonchev–Trinajstić information content (AvgIpc) is 2.93. The smallest absolute Gasteiger partial charge is 0.221 e. The maximum atomic E-state index is 11.3. The van der Waals surface area contributed by atoms with Crippen LogP contribution in [0.1, 0.15) is 20.8 Å². The van der Waals surface area contributed by atoms with Gasteiger partial charge >= 0.3 is 0 Å². The van der Waals surface area contributed by atoms with Crippen LogP contribution in [-0.4, -0.2) is 56.8 Å². The van der Waals surface area contributed by atoms with E-state index >= 15 is 0 Å². The van der Waals surface area contributed by atoms with Crippen LogP contribution in [0, 0.1) is 5.92 Å². The van der Waals surface area contributed by atoms with Crippen molar-refractivity contribution in [2.45, 2.75) is 26.8 Å². The number of piperazine rings is 1. The van der Waals surface area contributed by atoms with Crippen molar-refractivity contribution in [1.29, 1.82) is 0 Å². The Balaban J connectivity index is 1.27. The number of amides is 1. The van der Waals surface area contributed by atoms with Crippen molar-refractivity contribution in [3.8, 4) is 11.3 Å². The minimum Gasteiger partial charge on any atom is -0.351 e. The van der Waals surface area contributed by atoms with Crippen LogP contribution >= 0.6 is 12.2 Å². The Labute approximate surface area is 228 Å². The lowest BCUT2D eigenvalue weighted by Gasteiger charge is -2.45. The van der Waals surface area contributed by atoms with Crippen molar-refractivity contribution >= 4 is 51.3 Å². The molecule has 9 heteroatoms. The predicted octanol–water partition coefficient (Wildman–Crippen LogP) is 5.19. The van der Waals surface area contributed by atoms with Gasteiger partial charge in [-0.25, -0.2) is 0 Å². The van der Waals surface area contributed by atoms with E-state index in [0.29, 0.717) is 5.92 Å². The third-order valence-corrected chi connectivity index (χ3v) is 7.15. The quantitative estimate of drug-likeness (QED) is 0.344. The summed E-state index contributed by atoms with van der Waals surface area (Å²) in [5.41, 5.74) is 4.40. The van der Waals surface area contributed by atoms with Crippen LogP contribution in [0.3, 0.4) is 0 Å². The van der Waals surface area contributed by atoms with Gasteiger partial charge in [-0.3, -0.25) is 9.78 Å². The molecule has 5 rings (SSSR count). The molecular weight excluding hydrogens is 494 g/mol. The molecule has 8 nitrogen and oxygen atoms in total. The second kappa shape index (κ2) is 11.1. The first-order chi connectivity index (χ1) is 18.4. The number of pyridine rings is 1. The summed E-state index contributed by atoms with van der Waals surface area (Å²) >= 11 is 5.90. The van der Waals surface area contributed by atoms with E-state index < -0.39 is 0 Å². The number of rotatable bonds is 5. The summed E-state index contributed by atoms with van der Waals surface area (Å²) in [6.07, 6.45) is 1.80. The zero-order valence-electron chi connectivity index (χ0n) is 21.8. The van der Waals surface area contributed by atoms with E-state index in [2.05, 4.69) is 55.5 Å². The van der Waals surface area contributed by atoms with Gasteiger partial charge in [0.25, 0.3) is 0 Å². The third kappa shape index (κ3) is 5.57. The van der Waals surface area contributed by atoms with Crippen LogP contribution in [0.25, 0.3) is 22.2 Å². The molecule has 0 saturated carbocycles. The zero-order chi connectivity index (χ0) is 26.6. The molecule has 1 unspecified atom stereocenters. The highest BCUT2D eigenvalue weighted by atomic mass is 32.1. The van der Waals surface area contributed by atoms with Crippen molar-refractivity contribution in [1.82, 2.24) is 20.1 Å². The number of hydrogen-bond donors (Lipinski definition) is 2. The number of nitrogens with zero attached hydrogens (tertiary/aromatic N) is 5. The first-order valence-corrected chi connectivity index (χ1v) is 13.2. The maximum absolute atomic E-state index is 11.3. The SMILES string of the molecule is CC(=O)Nc1ccc(-c2ccc(N3CCN(C(=S)Nc4cccc5ncccc45)C(C(C)C)C3)nn2)cc1. The molecule has 1 aliphatic rings. The predicted molar refractivity (Wildman–Crippen MR) is 157 cm³/mol. The van der Waals surface area contributed by atoms with Gasteiger partial charge in [0.1, 0.15) is 0 Å². The molecule has 0 radical (unpaired) electrons. The van der Waals surface area contributed by atoms with E-state index in [4.69, 9.17) is 12.2 Å². The second-order valence-corrected chi connectivity index (χ2v) is 10.2. The van der Waals surface area contributed by atoms with Crippen molar-refractivity contribution in [3.63, 3.8) is 0 Å². The number of carbonyl (C=O) groups excluding carboxylic acids is 1. The number of benzene rings is 2. The number of aromatic nitrogens is 3. The monoisotopic (exact) mass is 525 g/mol. The molecule has 3 heterocycles. The summed E-state index contributed by atoms with van der Waals surface area (Å²) < 4.78 is 0. The first-order valence-electron chi connectivity index (χ1n) is 12.8. The van der Waals surface area contributed by atoms with Gasteiger partial charge in [0, 0.05) is 55.1 Å². The molecular formula is C29H31N7OS. The molecule has 2 N–H and O–H groups in total. The van der Waals surface area contributed by atoms with Gasteiger partial charge in [-0.2, -0.15) is 0 Å². The standard InChI is InChI=1S/C29H31N7OS/c1-19(2)27-18-35(28-14-13-24(33-34-28)21-9-11-22(12-10-21)31-20(3)37)16-17-36(27)29(38)32-26-8-4-7-25-23(26)6-5-15-30-25/h4-15,19,27H,16-18H2,1-3H3,(H,31,37)(H,32,38). The largest absolute Gasteiger partial charge is 0.351 e. The molecule has 38 heavy (non-hydrogen) atoms. The van der Waals surface area contributed by atoms with Crippen molar-refractivity contribution < 1.29 is 4.79 Å². The summed E-state index contributed by atoms with van der Waals surface area (Å²) in [6.45, 7) is 8.33. The Morgan fingerprint density at radius 1 is 0.974 bits per heavy atom. The van der Waals surface area contributed by atoms with E-state index in [0.717, 1.165) is 64.1 Å². The van der Waals surface area contributed by atoms with Gasteiger partial charge in [0.2, 0.25) is 5.91 Å². The number of anilines is 3. The Morgan fingerprint density at radius 2 is 1.79 bits per heavy atom. The summed E-state index contributed by atoms with van der Waals surface area (Å²) in [5.74, 6) is 1.15. The minimum absolute atomic E-state index is 0.0934. The molecule has 1 aliphatic heterocycles. The molecule has 0 spiro atoms. The van der Waals surface area contributed by atoms with E-state index in [-0.39, 0.29) is 11.9 Å². The van der Waals surface area contributed by atoms with Crippen molar-refractivity contribution in [3.05, 3.63) is 72.9 Å². The molecule has 2 aromatic carbocycles. The minimum atomic E-state index is -0.0934. The maximum Gasteiger partial charge on any atom is 0.221 e. The summed E-state index contributed by atoms with van der Waals surface area (Å²) in [7, 11) is 0. The average molecular weight is 526 g/mol. The normalized spacial score (nSPS) is 15.5. The van der Waals surface area contributed by atoms with Gasteiger partial charge in [0.05, 0.1) is 17.3 Å². The molecule has 194 valence electrons. The van der Waals surface area contributed by atoms with Gasteiger partial charge < -0.3 is 20.4 Å². The van der Waals surface area contributed by atoms with Crippen molar-refractivity contribution in [2.24, 2.45) is 5.92 Å². The van der Waals surface area contributed by atoms with Crippen LogP contribution in [0.2, 0.25) is 0 Å². The Kier molecular flexibility index (Phi) is 7.46. The van der Waals surface area contributed by atoms with E-state index in [9.17, 15) is 4.79 Å². The van der Waals surface area contributed by atoms with Crippen LogP contribution in [-0.2, 0) is 4.79 Å². The Bertz CT molecular complexity index is 1430. The number of nitrogens with one attached hydrogen (secondary N) is 2. The van der Waals surface area contributed by atoms with E-state index in [1.165, 1.54) is 6.92 Å². The van der Waals surface area contributed by atoms with Crippen LogP contribution < -0.4 is 15.5 Å². The zero-order valence-corrected chi connectivity index (χ0v) is 22.6. The Hall–Kier alpha value is -4.11. The number of carbonyl (C=O) groups is 1. The van der Waals surface area contributed by atoms with E-state index in [1.807, 2.05) is 60.7 Å². The van der Waals surface area contributed by atoms with Gasteiger partial charge in [-0.05, 0) is 66.7 Å².